The molecule has 0 aromatic rings. The van der Waals surface area contributed by atoms with Crippen LogP contribution in [0.15, 0.2) is 0 Å². The van der Waals surface area contributed by atoms with Crippen molar-refractivity contribution in [2.75, 3.05) is 11.9 Å². The molecule has 5 heteroatoms. The van der Waals surface area contributed by atoms with Crippen LogP contribution < -0.4 is 0 Å². The van der Waals surface area contributed by atoms with Gasteiger partial charge in [0.05, 0.1) is 12.5 Å². The van der Waals surface area contributed by atoms with Crippen molar-refractivity contribution in [2.45, 2.75) is 110 Å². The highest BCUT2D eigenvalue weighted by molar-refractivity contribution is 9.09. The largest absolute Gasteiger partial charge is 0.393 e. The van der Waals surface area contributed by atoms with E-state index in [9.17, 15) is 9.59 Å². The molecule has 0 rings (SSSR count). The van der Waals surface area contributed by atoms with Crippen molar-refractivity contribution in [3.8, 4) is 0 Å². The van der Waals surface area contributed by atoms with Gasteiger partial charge in [-0.1, -0.05) is 81.1 Å². The Kier molecular flexibility index (Phi) is 19.0. The second-order valence-corrected chi connectivity index (χ2v) is 7.75. The van der Waals surface area contributed by atoms with Crippen LogP contribution in [0, 0.1) is 0 Å². The van der Waals surface area contributed by atoms with E-state index in [1.54, 1.807) is 0 Å². The van der Waals surface area contributed by atoms with Crippen LogP contribution in [0.5, 0.6) is 0 Å². The molecular weight excluding hydrogens is 396 g/mol. The van der Waals surface area contributed by atoms with Crippen LogP contribution in [0.2, 0.25) is 0 Å². The fraction of sp³-hybridized carbons (Fsp3) is 0.905. The molecule has 0 N–H and O–H groups in total. The molecule has 1 atom stereocenters. The SMILES string of the molecule is CCCCCOC(CCCCC)CC(=O)OC(=O)CCCCCCCBr. The number of hydrogen-bond acceptors (Lipinski definition) is 4. The number of carbonyl (C=O) groups excluding carboxylic acids is 2. The third-order valence-electron chi connectivity index (χ3n) is 4.37. The first-order valence-electron chi connectivity index (χ1n) is 10.5. The van der Waals surface area contributed by atoms with Crippen LogP contribution in [-0.2, 0) is 19.1 Å². The average molecular weight is 435 g/mol. The van der Waals surface area contributed by atoms with E-state index < -0.39 is 11.9 Å². The number of halogens is 1. The smallest absolute Gasteiger partial charge is 0.316 e. The molecule has 154 valence electrons. The lowest BCUT2D eigenvalue weighted by Crippen LogP contribution is -2.22. The molecule has 0 heterocycles. The molecule has 0 saturated carbocycles. The lowest BCUT2D eigenvalue weighted by molar-refractivity contribution is -0.161. The van der Waals surface area contributed by atoms with Gasteiger partial charge >= 0.3 is 11.9 Å². The first kappa shape index (κ1) is 25.6. The molecular formula is C21H39BrO4. The zero-order chi connectivity index (χ0) is 19.5. The van der Waals surface area contributed by atoms with E-state index in [-0.39, 0.29) is 12.5 Å². The summed E-state index contributed by atoms with van der Waals surface area (Å²) in [6, 6.07) is 0. The van der Waals surface area contributed by atoms with Crippen LogP contribution in [0.1, 0.15) is 104 Å². The van der Waals surface area contributed by atoms with Crippen LogP contribution in [0.4, 0.5) is 0 Å². The Balaban J connectivity index is 4.01. The summed E-state index contributed by atoms with van der Waals surface area (Å²) in [5.41, 5.74) is 0. The third-order valence-corrected chi connectivity index (χ3v) is 4.93. The van der Waals surface area contributed by atoms with Crippen molar-refractivity contribution in [1.82, 2.24) is 0 Å². The molecule has 4 nitrogen and oxygen atoms in total. The summed E-state index contributed by atoms with van der Waals surface area (Å²) < 4.78 is 10.8. The lowest BCUT2D eigenvalue weighted by Gasteiger charge is -2.17. The Bertz CT molecular complexity index is 347. The van der Waals surface area contributed by atoms with Crippen LogP contribution >= 0.6 is 15.9 Å². The average Bonchev–Trinajstić information content (AvgIpc) is 2.61. The van der Waals surface area contributed by atoms with E-state index in [1.165, 1.54) is 12.8 Å². The normalized spacial score (nSPS) is 12.1. The standard InChI is InChI=1S/C21H39BrO4/c1-3-5-10-14-19(25-17-13-6-4-2)18-21(24)26-20(23)15-11-8-7-9-12-16-22/h19H,3-18H2,1-2H3. The van der Waals surface area contributed by atoms with E-state index >= 15 is 0 Å². The highest BCUT2D eigenvalue weighted by Gasteiger charge is 2.18. The van der Waals surface area contributed by atoms with E-state index in [1.807, 2.05) is 0 Å². The van der Waals surface area contributed by atoms with E-state index in [4.69, 9.17) is 9.47 Å². The maximum absolute atomic E-state index is 12.0. The van der Waals surface area contributed by atoms with Gasteiger partial charge in [-0.2, -0.15) is 0 Å². The highest BCUT2D eigenvalue weighted by Crippen LogP contribution is 2.13. The van der Waals surface area contributed by atoms with Crippen molar-refractivity contribution < 1.29 is 19.1 Å². The van der Waals surface area contributed by atoms with Gasteiger partial charge < -0.3 is 9.47 Å². The minimum Gasteiger partial charge on any atom is -0.393 e. The Labute approximate surface area is 168 Å². The predicted molar refractivity (Wildman–Crippen MR) is 111 cm³/mol. The molecule has 0 aliphatic carbocycles. The summed E-state index contributed by atoms with van der Waals surface area (Å²) in [6.45, 7) is 4.99. The number of ether oxygens (including phenoxy) is 2. The van der Waals surface area contributed by atoms with Crippen LogP contribution in [0.25, 0.3) is 0 Å². The monoisotopic (exact) mass is 434 g/mol. The number of hydrogen-bond donors (Lipinski definition) is 0. The quantitative estimate of drug-likeness (QED) is 0.109. The summed E-state index contributed by atoms with van der Waals surface area (Å²) in [7, 11) is 0. The van der Waals surface area contributed by atoms with Gasteiger partial charge in [-0.15, -0.1) is 0 Å². The summed E-state index contributed by atoms with van der Waals surface area (Å²) in [5.74, 6) is -0.833. The molecule has 0 saturated heterocycles. The van der Waals surface area contributed by atoms with Gasteiger partial charge in [-0.05, 0) is 25.7 Å². The fourth-order valence-electron chi connectivity index (χ4n) is 2.77. The molecule has 26 heavy (non-hydrogen) atoms. The minimum absolute atomic E-state index is 0.122. The third kappa shape index (κ3) is 17.0. The maximum atomic E-state index is 12.0. The number of rotatable bonds is 18. The van der Waals surface area contributed by atoms with Gasteiger partial charge in [-0.25, -0.2) is 0 Å². The van der Waals surface area contributed by atoms with E-state index in [0.717, 1.165) is 69.5 Å². The Morgan fingerprint density at radius 3 is 2.15 bits per heavy atom. The molecule has 0 amide bonds. The van der Waals surface area contributed by atoms with Crippen molar-refractivity contribution in [3.05, 3.63) is 0 Å². The number of unbranched alkanes of at least 4 members (excludes halogenated alkanes) is 8. The summed E-state index contributed by atoms with van der Waals surface area (Å²) >= 11 is 3.41. The molecule has 1 unspecified atom stereocenters. The van der Waals surface area contributed by atoms with Crippen molar-refractivity contribution >= 4 is 27.9 Å². The van der Waals surface area contributed by atoms with Gasteiger partial charge in [0.25, 0.3) is 0 Å². The Hall–Kier alpha value is -0.420. The van der Waals surface area contributed by atoms with E-state index in [0.29, 0.717) is 13.0 Å². The summed E-state index contributed by atoms with van der Waals surface area (Å²) in [6.07, 6.45) is 13.2. The molecule has 0 bridgehead atoms. The molecule has 0 aromatic carbocycles. The first-order valence-corrected chi connectivity index (χ1v) is 11.7. The highest BCUT2D eigenvalue weighted by atomic mass is 79.9. The molecule has 0 aliphatic heterocycles. The minimum atomic E-state index is -0.439. The zero-order valence-electron chi connectivity index (χ0n) is 16.9. The molecule has 0 fully saturated rings. The molecule has 0 aliphatic rings. The first-order chi connectivity index (χ1) is 12.6. The lowest BCUT2D eigenvalue weighted by atomic mass is 10.1. The van der Waals surface area contributed by atoms with Gasteiger partial charge in [0.1, 0.15) is 0 Å². The number of alkyl halides is 1. The number of carbonyl (C=O) groups is 2. The van der Waals surface area contributed by atoms with Gasteiger partial charge in [0.15, 0.2) is 0 Å². The Morgan fingerprint density at radius 1 is 0.808 bits per heavy atom. The fourth-order valence-corrected chi connectivity index (χ4v) is 3.16. The summed E-state index contributed by atoms with van der Waals surface area (Å²) in [5, 5.41) is 1.03. The van der Waals surface area contributed by atoms with Crippen molar-refractivity contribution in [3.63, 3.8) is 0 Å². The van der Waals surface area contributed by atoms with E-state index in [2.05, 4.69) is 29.8 Å². The van der Waals surface area contributed by atoms with Gasteiger partial charge in [0.2, 0.25) is 0 Å². The predicted octanol–water partition coefficient (Wildman–Crippen LogP) is 6.34. The second kappa shape index (κ2) is 19.3. The topological polar surface area (TPSA) is 52.6 Å². The molecule has 0 aromatic heterocycles. The Morgan fingerprint density at radius 2 is 1.46 bits per heavy atom. The zero-order valence-corrected chi connectivity index (χ0v) is 18.5. The molecule has 0 spiro atoms. The number of esters is 2. The summed E-state index contributed by atoms with van der Waals surface area (Å²) in [4.78, 5) is 23.8. The van der Waals surface area contributed by atoms with Crippen molar-refractivity contribution in [1.29, 1.82) is 0 Å². The van der Waals surface area contributed by atoms with Crippen molar-refractivity contribution in [2.24, 2.45) is 0 Å². The maximum Gasteiger partial charge on any atom is 0.316 e. The second-order valence-electron chi connectivity index (χ2n) is 6.95. The van der Waals surface area contributed by atoms with Gasteiger partial charge in [-0.3, -0.25) is 9.59 Å². The molecule has 0 radical (unpaired) electrons. The van der Waals surface area contributed by atoms with Crippen LogP contribution in [-0.4, -0.2) is 30.0 Å². The van der Waals surface area contributed by atoms with Gasteiger partial charge in [0, 0.05) is 18.4 Å². The van der Waals surface area contributed by atoms with Crippen LogP contribution in [0.3, 0.4) is 0 Å².